The quantitative estimate of drug-likeness (QED) is 0.473. The van der Waals surface area contributed by atoms with Gasteiger partial charge in [0.25, 0.3) is 5.91 Å². The zero-order valence-electron chi connectivity index (χ0n) is 15.7. The van der Waals surface area contributed by atoms with Crippen LogP contribution in [-0.2, 0) is 4.79 Å². The van der Waals surface area contributed by atoms with Gasteiger partial charge in [0, 0.05) is 5.56 Å². The third kappa shape index (κ3) is 5.45. The van der Waals surface area contributed by atoms with E-state index in [1.54, 1.807) is 6.21 Å². The fourth-order valence-corrected chi connectivity index (χ4v) is 2.60. The van der Waals surface area contributed by atoms with Gasteiger partial charge in [-0.05, 0) is 42.3 Å². The Balaban J connectivity index is 1.49. The highest BCUT2D eigenvalue weighted by Crippen LogP contribution is 2.22. The average Bonchev–Trinajstić information content (AvgIpc) is 2.75. The number of amides is 1. The third-order valence-electron chi connectivity index (χ3n) is 3.94. The summed E-state index contributed by atoms with van der Waals surface area (Å²) in [7, 11) is 0. The molecule has 0 heterocycles. The molecule has 5 nitrogen and oxygen atoms in total. The van der Waals surface area contributed by atoms with Gasteiger partial charge in [0.05, 0.1) is 12.8 Å². The summed E-state index contributed by atoms with van der Waals surface area (Å²) < 4.78 is 11.0. The predicted molar refractivity (Wildman–Crippen MR) is 111 cm³/mol. The smallest absolute Gasteiger partial charge is 0.277 e. The molecule has 5 heteroatoms. The second kappa shape index (κ2) is 9.92. The van der Waals surface area contributed by atoms with Crippen molar-refractivity contribution in [1.82, 2.24) is 5.43 Å². The summed E-state index contributed by atoms with van der Waals surface area (Å²) in [5.74, 6) is 1.01. The number of hydrogen-bond acceptors (Lipinski definition) is 4. The molecule has 0 saturated heterocycles. The normalized spacial score (nSPS) is 10.6. The Morgan fingerprint density at radius 2 is 1.57 bits per heavy atom. The summed E-state index contributed by atoms with van der Waals surface area (Å²) in [6.07, 6.45) is 1.55. The van der Waals surface area contributed by atoms with Crippen LogP contribution >= 0.6 is 0 Å². The number of ether oxygens (including phenoxy) is 2. The molecule has 0 radical (unpaired) electrons. The van der Waals surface area contributed by atoms with Crippen LogP contribution in [0.2, 0.25) is 0 Å². The van der Waals surface area contributed by atoms with Crippen molar-refractivity contribution >= 4 is 12.1 Å². The molecule has 3 rings (SSSR count). The van der Waals surface area contributed by atoms with Crippen LogP contribution in [0.3, 0.4) is 0 Å². The molecule has 0 aliphatic heterocycles. The summed E-state index contributed by atoms with van der Waals surface area (Å²) in [5.41, 5.74) is 5.48. The van der Waals surface area contributed by atoms with E-state index in [4.69, 9.17) is 9.47 Å². The first-order valence-electron chi connectivity index (χ1n) is 9.08. The average molecular weight is 374 g/mol. The monoisotopic (exact) mass is 374 g/mol. The van der Waals surface area contributed by atoms with Crippen LogP contribution in [0.5, 0.6) is 11.5 Å². The van der Waals surface area contributed by atoms with Crippen LogP contribution in [0, 0.1) is 0 Å². The van der Waals surface area contributed by atoms with Gasteiger partial charge in [0.1, 0.15) is 11.5 Å². The van der Waals surface area contributed by atoms with E-state index >= 15 is 0 Å². The fourth-order valence-electron chi connectivity index (χ4n) is 2.60. The highest BCUT2D eigenvalue weighted by molar-refractivity contribution is 5.85. The van der Waals surface area contributed by atoms with Crippen LogP contribution in [0.15, 0.2) is 84.0 Å². The molecule has 0 atom stereocenters. The number of carbonyl (C=O) groups is 1. The molecule has 0 aliphatic carbocycles. The van der Waals surface area contributed by atoms with Crippen molar-refractivity contribution in [3.05, 3.63) is 84.4 Å². The Kier molecular flexibility index (Phi) is 6.79. The number of benzene rings is 3. The van der Waals surface area contributed by atoms with Gasteiger partial charge in [0.15, 0.2) is 6.61 Å². The Hall–Kier alpha value is -3.60. The second-order valence-electron chi connectivity index (χ2n) is 5.94. The highest BCUT2D eigenvalue weighted by Gasteiger charge is 2.03. The van der Waals surface area contributed by atoms with Gasteiger partial charge in [-0.2, -0.15) is 5.10 Å². The number of rotatable bonds is 8. The lowest BCUT2D eigenvalue weighted by molar-refractivity contribution is -0.123. The van der Waals surface area contributed by atoms with Gasteiger partial charge in [-0.15, -0.1) is 0 Å². The molecular formula is C23H22N2O3. The number of nitrogens with zero attached hydrogens (tertiary/aromatic N) is 1. The zero-order chi connectivity index (χ0) is 19.6. The van der Waals surface area contributed by atoms with Crippen molar-refractivity contribution in [2.45, 2.75) is 6.92 Å². The molecule has 0 aliphatic rings. The standard InChI is InChI=1S/C23H22N2O3/c1-2-27-22-11-7-6-10-20(22)16-24-25-23(26)17-28-21-14-12-19(13-15-21)18-8-4-3-5-9-18/h3-16H,2,17H2,1H3,(H,25,26). The topological polar surface area (TPSA) is 59.9 Å². The van der Waals surface area contributed by atoms with E-state index in [2.05, 4.69) is 10.5 Å². The van der Waals surface area contributed by atoms with Gasteiger partial charge in [-0.3, -0.25) is 4.79 Å². The Morgan fingerprint density at radius 1 is 0.893 bits per heavy atom. The van der Waals surface area contributed by atoms with Crippen LogP contribution in [0.4, 0.5) is 0 Å². The second-order valence-corrected chi connectivity index (χ2v) is 5.94. The molecular weight excluding hydrogens is 352 g/mol. The maximum atomic E-state index is 11.9. The first-order chi connectivity index (χ1) is 13.8. The molecule has 3 aromatic rings. The predicted octanol–water partition coefficient (Wildman–Crippen LogP) is 4.28. The zero-order valence-corrected chi connectivity index (χ0v) is 15.7. The molecule has 1 N–H and O–H groups in total. The summed E-state index contributed by atoms with van der Waals surface area (Å²) in [6, 6.07) is 25.2. The van der Waals surface area contributed by atoms with Crippen molar-refractivity contribution in [3.8, 4) is 22.6 Å². The minimum absolute atomic E-state index is 0.116. The molecule has 0 unspecified atom stereocenters. The minimum atomic E-state index is -0.336. The maximum Gasteiger partial charge on any atom is 0.277 e. The Morgan fingerprint density at radius 3 is 2.32 bits per heavy atom. The van der Waals surface area contributed by atoms with E-state index in [0.717, 1.165) is 22.4 Å². The van der Waals surface area contributed by atoms with Gasteiger partial charge in [0.2, 0.25) is 0 Å². The van der Waals surface area contributed by atoms with Crippen molar-refractivity contribution in [2.24, 2.45) is 5.10 Å². The summed E-state index contributed by atoms with van der Waals surface area (Å²) in [5, 5.41) is 3.97. The van der Waals surface area contributed by atoms with E-state index in [9.17, 15) is 4.79 Å². The maximum absolute atomic E-state index is 11.9. The fraction of sp³-hybridized carbons (Fsp3) is 0.130. The summed E-state index contributed by atoms with van der Waals surface area (Å²) in [4.78, 5) is 11.9. The first-order valence-corrected chi connectivity index (χ1v) is 9.08. The van der Waals surface area contributed by atoms with Gasteiger partial charge in [-0.25, -0.2) is 5.43 Å². The number of para-hydroxylation sites is 1. The molecule has 3 aromatic carbocycles. The van der Waals surface area contributed by atoms with Crippen LogP contribution in [-0.4, -0.2) is 25.3 Å². The van der Waals surface area contributed by atoms with Crippen LogP contribution in [0.1, 0.15) is 12.5 Å². The molecule has 0 saturated carbocycles. The van der Waals surface area contributed by atoms with E-state index in [1.165, 1.54) is 0 Å². The molecule has 28 heavy (non-hydrogen) atoms. The van der Waals surface area contributed by atoms with Crippen LogP contribution in [0.25, 0.3) is 11.1 Å². The first kappa shape index (κ1) is 19.2. The van der Waals surface area contributed by atoms with E-state index in [-0.39, 0.29) is 12.5 Å². The van der Waals surface area contributed by atoms with Gasteiger partial charge >= 0.3 is 0 Å². The van der Waals surface area contributed by atoms with Crippen molar-refractivity contribution in [2.75, 3.05) is 13.2 Å². The Bertz CT molecular complexity index is 922. The van der Waals surface area contributed by atoms with E-state index < -0.39 is 0 Å². The van der Waals surface area contributed by atoms with Crippen molar-refractivity contribution in [1.29, 1.82) is 0 Å². The highest BCUT2D eigenvalue weighted by atomic mass is 16.5. The molecule has 142 valence electrons. The lowest BCUT2D eigenvalue weighted by Gasteiger charge is -2.07. The lowest BCUT2D eigenvalue weighted by atomic mass is 10.1. The third-order valence-corrected chi connectivity index (χ3v) is 3.94. The number of hydrogen-bond donors (Lipinski definition) is 1. The number of hydrazone groups is 1. The SMILES string of the molecule is CCOc1ccccc1C=NNC(=O)COc1ccc(-c2ccccc2)cc1. The largest absolute Gasteiger partial charge is 0.493 e. The summed E-state index contributed by atoms with van der Waals surface area (Å²) in [6.45, 7) is 2.36. The van der Waals surface area contributed by atoms with Crippen molar-refractivity contribution in [3.63, 3.8) is 0 Å². The van der Waals surface area contributed by atoms with E-state index in [1.807, 2.05) is 85.8 Å². The molecule has 0 fully saturated rings. The van der Waals surface area contributed by atoms with Crippen molar-refractivity contribution < 1.29 is 14.3 Å². The van der Waals surface area contributed by atoms with Gasteiger partial charge in [-0.1, -0.05) is 54.6 Å². The number of nitrogens with one attached hydrogen (secondary N) is 1. The lowest BCUT2D eigenvalue weighted by Crippen LogP contribution is -2.24. The molecule has 0 bridgehead atoms. The molecule has 0 spiro atoms. The number of carbonyl (C=O) groups excluding carboxylic acids is 1. The molecule has 0 aromatic heterocycles. The molecule has 1 amide bonds. The van der Waals surface area contributed by atoms with Crippen LogP contribution < -0.4 is 14.9 Å². The Labute approximate surface area is 164 Å². The van der Waals surface area contributed by atoms with Gasteiger partial charge < -0.3 is 9.47 Å². The minimum Gasteiger partial charge on any atom is -0.493 e. The van der Waals surface area contributed by atoms with E-state index in [0.29, 0.717) is 12.4 Å². The summed E-state index contributed by atoms with van der Waals surface area (Å²) >= 11 is 0.